The summed E-state index contributed by atoms with van der Waals surface area (Å²) in [5, 5.41) is 20.2. The van der Waals surface area contributed by atoms with Crippen molar-refractivity contribution in [3.63, 3.8) is 0 Å². The first-order valence-electron chi connectivity index (χ1n) is 11.1. The van der Waals surface area contributed by atoms with Gasteiger partial charge in [0, 0.05) is 12.6 Å². The molecule has 6 atom stereocenters. The topological polar surface area (TPSA) is 107 Å². The van der Waals surface area contributed by atoms with Gasteiger partial charge in [-0.2, -0.15) is 0 Å². The Morgan fingerprint density at radius 3 is 2.59 bits per heavy atom. The lowest BCUT2D eigenvalue weighted by molar-refractivity contribution is -0.154. The van der Waals surface area contributed by atoms with E-state index in [9.17, 15) is 24.6 Å². The molecule has 32 heavy (non-hydrogen) atoms. The highest BCUT2D eigenvalue weighted by molar-refractivity contribution is 5.98. The van der Waals surface area contributed by atoms with Crippen LogP contribution in [0.25, 0.3) is 0 Å². The predicted molar refractivity (Wildman–Crippen MR) is 115 cm³/mol. The summed E-state index contributed by atoms with van der Waals surface area (Å²) in [5.74, 6) is -3.79. The molecule has 1 aromatic carbocycles. The lowest BCUT2D eigenvalue weighted by Crippen LogP contribution is -2.58. The molecule has 3 fully saturated rings. The minimum Gasteiger partial charge on any atom is -0.481 e. The zero-order chi connectivity index (χ0) is 23.2. The number of amides is 2. The van der Waals surface area contributed by atoms with E-state index in [1.807, 2.05) is 19.9 Å². The van der Waals surface area contributed by atoms with Crippen LogP contribution in [0.2, 0.25) is 0 Å². The third kappa shape index (κ3) is 3.16. The average Bonchev–Trinajstić information content (AvgIpc) is 3.41. The van der Waals surface area contributed by atoms with Crippen LogP contribution in [-0.4, -0.2) is 74.7 Å². The van der Waals surface area contributed by atoms with Crippen molar-refractivity contribution < 1.29 is 29.3 Å². The van der Waals surface area contributed by atoms with Crippen LogP contribution in [0.15, 0.2) is 43.0 Å². The van der Waals surface area contributed by atoms with Gasteiger partial charge in [0.25, 0.3) is 0 Å². The van der Waals surface area contributed by atoms with Gasteiger partial charge >= 0.3 is 5.97 Å². The lowest BCUT2D eigenvalue weighted by Gasteiger charge is -2.40. The molecule has 0 radical (unpaired) electrons. The number of carbonyl (C=O) groups excluding carboxylic acids is 2. The van der Waals surface area contributed by atoms with Crippen molar-refractivity contribution in [1.82, 2.24) is 9.80 Å². The number of benzene rings is 1. The van der Waals surface area contributed by atoms with Gasteiger partial charge in [-0.05, 0) is 32.3 Å². The van der Waals surface area contributed by atoms with Gasteiger partial charge in [0.05, 0.1) is 30.6 Å². The first-order valence-corrected chi connectivity index (χ1v) is 11.1. The van der Waals surface area contributed by atoms with Crippen LogP contribution in [0.1, 0.15) is 38.3 Å². The fourth-order valence-electron chi connectivity index (χ4n) is 5.87. The Kier molecular flexibility index (Phi) is 5.85. The summed E-state index contributed by atoms with van der Waals surface area (Å²) >= 11 is 0. The monoisotopic (exact) mass is 442 g/mol. The summed E-state index contributed by atoms with van der Waals surface area (Å²) in [6.45, 7) is 7.40. The molecule has 3 heterocycles. The largest absolute Gasteiger partial charge is 0.481 e. The SMILES string of the molecule is C=CCN(C(=O)[C@H]1N([C@H](CO)c2ccccc2)C(=O)[C@@H]2[C@@H](C(=O)O)[C@H]3CC[C@]21O3)C(C)C. The van der Waals surface area contributed by atoms with Gasteiger partial charge in [0.2, 0.25) is 11.8 Å². The van der Waals surface area contributed by atoms with E-state index in [4.69, 9.17) is 4.74 Å². The van der Waals surface area contributed by atoms with Crippen LogP contribution in [0, 0.1) is 11.8 Å². The van der Waals surface area contributed by atoms with Crippen molar-refractivity contribution >= 4 is 17.8 Å². The number of carboxylic acids is 1. The van der Waals surface area contributed by atoms with Gasteiger partial charge in [0.1, 0.15) is 11.6 Å². The molecule has 3 aliphatic rings. The number of aliphatic hydroxyl groups is 1. The lowest BCUT2D eigenvalue weighted by atomic mass is 9.70. The van der Waals surface area contributed by atoms with Crippen molar-refractivity contribution in [2.45, 2.75) is 56.5 Å². The Labute approximate surface area is 187 Å². The highest BCUT2D eigenvalue weighted by Gasteiger charge is 2.75. The number of carbonyl (C=O) groups is 3. The number of fused-ring (bicyclic) bond motifs is 1. The number of aliphatic carboxylic acids is 1. The summed E-state index contributed by atoms with van der Waals surface area (Å²) in [4.78, 5) is 42.9. The maximum atomic E-state index is 14.0. The maximum Gasteiger partial charge on any atom is 0.310 e. The Bertz CT molecular complexity index is 918. The molecule has 0 aromatic heterocycles. The van der Waals surface area contributed by atoms with E-state index in [0.29, 0.717) is 18.4 Å². The van der Waals surface area contributed by atoms with Gasteiger partial charge < -0.3 is 24.7 Å². The van der Waals surface area contributed by atoms with E-state index in [0.717, 1.165) is 0 Å². The standard InChI is InChI=1S/C24H30N2O6/c1-4-12-25(14(2)3)22(29)20-24-11-10-17(32-24)18(23(30)31)19(24)21(28)26(20)16(13-27)15-8-6-5-7-9-15/h4-9,14,16-20,27H,1,10-13H2,2-3H3,(H,30,31)/t16-,17-,18+,19+,20-,24+/m1/s1. The van der Waals surface area contributed by atoms with Gasteiger partial charge in [0.15, 0.2) is 0 Å². The molecule has 0 unspecified atom stereocenters. The predicted octanol–water partition coefficient (Wildman–Crippen LogP) is 1.60. The zero-order valence-corrected chi connectivity index (χ0v) is 18.4. The molecule has 2 N–H and O–H groups in total. The number of rotatable bonds is 8. The number of hydrogen-bond acceptors (Lipinski definition) is 5. The number of nitrogens with zero attached hydrogens (tertiary/aromatic N) is 2. The fourth-order valence-corrected chi connectivity index (χ4v) is 5.87. The highest BCUT2D eigenvalue weighted by atomic mass is 16.5. The Balaban J connectivity index is 1.85. The smallest absolute Gasteiger partial charge is 0.310 e. The summed E-state index contributed by atoms with van der Waals surface area (Å²) in [7, 11) is 0. The minimum absolute atomic E-state index is 0.161. The van der Waals surface area contributed by atoms with Gasteiger partial charge in [-0.15, -0.1) is 6.58 Å². The van der Waals surface area contributed by atoms with Crippen molar-refractivity contribution in [2.75, 3.05) is 13.2 Å². The van der Waals surface area contributed by atoms with E-state index in [1.165, 1.54) is 4.90 Å². The number of carboxylic acid groups (broad SMARTS) is 1. The highest BCUT2D eigenvalue weighted by Crippen LogP contribution is 2.59. The molecule has 2 amide bonds. The molecule has 2 bridgehead atoms. The molecule has 172 valence electrons. The van der Waals surface area contributed by atoms with Crippen molar-refractivity contribution in [3.05, 3.63) is 48.6 Å². The second-order valence-corrected chi connectivity index (χ2v) is 9.12. The van der Waals surface area contributed by atoms with Gasteiger partial charge in [-0.3, -0.25) is 14.4 Å². The zero-order valence-electron chi connectivity index (χ0n) is 18.4. The van der Waals surface area contributed by atoms with Crippen LogP contribution >= 0.6 is 0 Å². The van der Waals surface area contributed by atoms with Crippen LogP contribution < -0.4 is 0 Å². The quantitative estimate of drug-likeness (QED) is 0.593. The van der Waals surface area contributed by atoms with E-state index >= 15 is 0 Å². The molecule has 0 aliphatic carbocycles. The summed E-state index contributed by atoms with van der Waals surface area (Å²) < 4.78 is 6.23. The second-order valence-electron chi connectivity index (χ2n) is 9.12. The average molecular weight is 443 g/mol. The van der Waals surface area contributed by atoms with Crippen molar-refractivity contribution in [1.29, 1.82) is 0 Å². The number of hydrogen-bond donors (Lipinski definition) is 2. The summed E-state index contributed by atoms with van der Waals surface area (Å²) in [6, 6.07) is 7.04. The Hall–Kier alpha value is -2.71. The molecule has 0 saturated carbocycles. The Morgan fingerprint density at radius 1 is 1.34 bits per heavy atom. The molecule has 8 heteroatoms. The van der Waals surface area contributed by atoms with Gasteiger partial charge in [-0.1, -0.05) is 36.4 Å². The van der Waals surface area contributed by atoms with Crippen LogP contribution in [-0.2, 0) is 19.1 Å². The van der Waals surface area contributed by atoms with E-state index in [1.54, 1.807) is 35.2 Å². The van der Waals surface area contributed by atoms with Crippen molar-refractivity contribution in [2.24, 2.45) is 11.8 Å². The van der Waals surface area contributed by atoms with E-state index in [-0.39, 0.29) is 18.5 Å². The van der Waals surface area contributed by atoms with E-state index in [2.05, 4.69) is 6.58 Å². The third-order valence-corrected chi connectivity index (χ3v) is 7.18. The maximum absolute atomic E-state index is 14.0. The fraction of sp³-hybridized carbons (Fsp3) is 0.542. The third-order valence-electron chi connectivity index (χ3n) is 7.18. The molecule has 4 rings (SSSR count). The molecular formula is C24H30N2O6. The minimum atomic E-state index is -1.21. The first-order chi connectivity index (χ1) is 15.3. The number of likely N-dealkylation sites (tertiary alicyclic amines) is 1. The normalized spacial score (nSPS) is 31.6. The van der Waals surface area contributed by atoms with E-state index < -0.39 is 54.1 Å². The summed E-state index contributed by atoms with van der Waals surface area (Å²) in [6.07, 6.45) is 1.95. The summed E-state index contributed by atoms with van der Waals surface area (Å²) in [5.41, 5.74) is -0.531. The molecule has 3 aliphatic heterocycles. The van der Waals surface area contributed by atoms with Crippen molar-refractivity contribution in [3.8, 4) is 0 Å². The molecule has 1 aromatic rings. The molecular weight excluding hydrogens is 412 g/mol. The number of ether oxygens (including phenoxy) is 1. The first kappa shape index (κ1) is 22.5. The second kappa shape index (κ2) is 8.33. The molecule has 3 saturated heterocycles. The Morgan fingerprint density at radius 2 is 2.03 bits per heavy atom. The molecule has 8 nitrogen and oxygen atoms in total. The van der Waals surface area contributed by atoms with Crippen LogP contribution in [0.5, 0.6) is 0 Å². The number of aliphatic hydroxyl groups excluding tert-OH is 1. The molecule has 1 spiro atoms. The van der Waals surface area contributed by atoms with Crippen LogP contribution in [0.4, 0.5) is 0 Å². The van der Waals surface area contributed by atoms with Crippen LogP contribution in [0.3, 0.4) is 0 Å². The van der Waals surface area contributed by atoms with Gasteiger partial charge in [-0.25, -0.2) is 0 Å².